The van der Waals surface area contributed by atoms with Crippen LogP contribution in [0.5, 0.6) is 0 Å². The number of alkyl halides is 3. The molecule has 176 valence electrons. The molecule has 0 spiro atoms. The molecular weight excluding hydrogens is 433 g/mol. The molecule has 1 amide bonds. The summed E-state index contributed by atoms with van der Waals surface area (Å²) in [4.78, 5) is 40.8. The van der Waals surface area contributed by atoms with Gasteiger partial charge < -0.3 is 19.4 Å². The molecule has 32 heavy (non-hydrogen) atoms. The van der Waals surface area contributed by atoms with Crippen LogP contribution in [0.25, 0.3) is 5.65 Å². The fraction of sp³-hybridized carbons (Fsp3) is 0.600. The topological polar surface area (TPSA) is 106 Å². The molecule has 3 rings (SSSR count). The number of halogens is 3. The highest BCUT2D eigenvalue weighted by Gasteiger charge is 2.30. The van der Waals surface area contributed by atoms with Gasteiger partial charge in [0, 0.05) is 25.1 Å². The maximum atomic E-state index is 12.3. The molecule has 0 bridgehead atoms. The van der Waals surface area contributed by atoms with Crippen molar-refractivity contribution in [3.05, 3.63) is 33.9 Å². The third-order valence-electron chi connectivity index (χ3n) is 4.94. The molecule has 2 aromatic rings. The first-order chi connectivity index (χ1) is 14.8. The third-order valence-corrected chi connectivity index (χ3v) is 4.94. The van der Waals surface area contributed by atoms with Gasteiger partial charge in [-0.3, -0.25) is 4.79 Å². The number of nitrogens with one attached hydrogen (secondary N) is 1. The van der Waals surface area contributed by atoms with E-state index < -0.39 is 42.4 Å². The first-order valence-electron chi connectivity index (χ1n) is 10.2. The lowest BCUT2D eigenvalue weighted by atomic mass is 9.93. The van der Waals surface area contributed by atoms with Crippen molar-refractivity contribution in [2.75, 3.05) is 19.7 Å². The number of amides is 1. The molecule has 0 aromatic carbocycles. The third kappa shape index (κ3) is 5.80. The highest BCUT2D eigenvalue weighted by Crippen LogP contribution is 2.29. The van der Waals surface area contributed by atoms with Crippen molar-refractivity contribution < 1.29 is 32.2 Å². The van der Waals surface area contributed by atoms with Crippen LogP contribution in [-0.2, 0) is 9.47 Å². The molecule has 0 aliphatic carbocycles. The lowest BCUT2D eigenvalue weighted by molar-refractivity contribution is -0.141. The summed E-state index contributed by atoms with van der Waals surface area (Å²) in [7, 11) is 0. The molecule has 2 aromatic heterocycles. The standard InChI is InChI=1S/C20H25F3N4O5/c1-19(2,3)32-18(30)26-7-4-12(5-8-26)14-10-15(28)25-16-13(11-24-27(14)16)17(29)31-9-6-20(21,22)23/h10-12H,4-9H2,1-3H3,(H,25,28). The summed E-state index contributed by atoms with van der Waals surface area (Å²) in [5.41, 5.74) is -0.613. The van der Waals surface area contributed by atoms with E-state index in [2.05, 4.69) is 14.8 Å². The van der Waals surface area contributed by atoms with Crippen LogP contribution in [0.1, 0.15) is 62.0 Å². The molecular formula is C20H25F3N4O5. The fourth-order valence-electron chi connectivity index (χ4n) is 3.47. The highest BCUT2D eigenvalue weighted by molar-refractivity contribution is 5.95. The molecule has 1 aliphatic heterocycles. The molecule has 12 heteroatoms. The second kappa shape index (κ2) is 8.83. The van der Waals surface area contributed by atoms with Crippen LogP contribution in [0.3, 0.4) is 0 Å². The van der Waals surface area contributed by atoms with E-state index in [4.69, 9.17) is 4.74 Å². The van der Waals surface area contributed by atoms with Gasteiger partial charge in [-0.05, 0) is 33.6 Å². The molecule has 0 radical (unpaired) electrons. The second-order valence-corrected chi connectivity index (χ2v) is 8.62. The predicted octanol–water partition coefficient (Wildman–Crippen LogP) is 3.25. The number of piperidine rings is 1. The van der Waals surface area contributed by atoms with Crippen molar-refractivity contribution in [2.45, 2.75) is 57.7 Å². The summed E-state index contributed by atoms with van der Waals surface area (Å²) in [5, 5.41) is 4.13. The molecule has 1 fully saturated rings. The zero-order valence-corrected chi connectivity index (χ0v) is 18.0. The van der Waals surface area contributed by atoms with Gasteiger partial charge >= 0.3 is 18.2 Å². The normalized spacial score (nSPS) is 15.8. The Morgan fingerprint density at radius 3 is 2.47 bits per heavy atom. The van der Waals surface area contributed by atoms with Crippen LogP contribution < -0.4 is 5.56 Å². The van der Waals surface area contributed by atoms with E-state index in [9.17, 15) is 27.6 Å². The smallest absolute Gasteiger partial charge is 0.410 e. The van der Waals surface area contributed by atoms with Crippen LogP contribution in [-0.4, -0.2) is 63.0 Å². The molecule has 1 saturated heterocycles. The van der Waals surface area contributed by atoms with E-state index in [1.807, 2.05) is 0 Å². The Morgan fingerprint density at radius 1 is 1.22 bits per heavy atom. The van der Waals surface area contributed by atoms with Crippen molar-refractivity contribution in [3.8, 4) is 0 Å². The minimum absolute atomic E-state index is 0.0547. The van der Waals surface area contributed by atoms with E-state index >= 15 is 0 Å². The van der Waals surface area contributed by atoms with Gasteiger partial charge in [0.15, 0.2) is 5.65 Å². The number of hydrogen-bond donors (Lipinski definition) is 1. The molecule has 1 N–H and O–H groups in total. The van der Waals surface area contributed by atoms with Gasteiger partial charge in [0.05, 0.1) is 18.3 Å². The maximum absolute atomic E-state index is 12.3. The van der Waals surface area contributed by atoms with Crippen LogP contribution in [0.4, 0.5) is 18.0 Å². The van der Waals surface area contributed by atoms with E-state index in [1.165, 1.54) is 10.6 Å². The van der Waals surface area contributed by atoms with E-state index in [-0.39, 0.29) is 17.1 Å². The number of likely N-dealkylation sites (tertiary alicyclic amines) is 1. The summed E-state index contributed by atoms with van der Waals surface area (Å²) in [5.74, 6) is -1.12. The van der Waals surface area contributed by atoms with E-state index in [1.54, 1.807) is 25.7 Å². The Hall–Kier alpha value is -3.05. The number of carbonyl (C=O) groups excluding carboxylic acids is 2. The zero-order valence-electron chi connectivity index (χ0n) is 18.0. The van der Waals surface area contributed by atoms with Gasteiger partial charge in [-0.25, -0.2) is 14.1 Å². The van der Waals surface area contributed by atoms with Crippen LogP contribution in [0.15, 0.2) is 17.1 Å². The lowest BCUT2D eigenvalue weighted by Crippen LogP contribution is -2.41. The van der Waals surface area contributed by atoms with Crippen molar-refractivity contribution >= 4 is 17.7 Å². The Bertz CT molecular complexity index is 1050. The van der Waals surface area contributed by atoms with Crippen molar-refractivity contribution in [1.82, 2.24) is 19.5 Å². The van der Waals surface area contributed by atoms with Gasteiger partial charge in [-0.1, -0.05) is 0 Å². The average Bonchev–Trinajstić information content (AvgIpc) is 3.09. The number of H-pyrrole nitrogens is 1. The first kappa shape index (κ1) is 23.6. The fourth-order valence-corrected chi connectivity index (χ4v) is 3.47. The van der Waals surface area contributed by atoms with Crippen LogP contribution >= 0.6 is 0 Å². The summed E-state index contributed by atoms with van der Waals surface area (Å²) in [6.45, 7) is 5.37. The number of carbonyl (C=O) groups is 2. The van der Waals surface area contributed by atoms with Crippen molar-refractivity contribution in [1.29, 1.82) is 0 Å². The Kier molecular flexibility index (Phi) is 6.51. The minimum Gasteiger partial charge on any atom is -0.462 e. The van der Waals surface area contributed by atoms with Gasteiger partial charge in [0.1, 0.15) is 17.8 Å². The lowest BCUT2D eigenvalue weighted by Gasteiger charge is -2.33. The largest absolute Gasteiger partial charge is 0.462 e. The number of fused-ring (bicyclic) bond motifs is 1. The quantitative estimate of drug-likeness (QED) is 0.705. The van der Waals surface area contributed by atoms with E-state index in [0.717, 1.165) is 6.20 Å². The Morgan fingerprint density at radius 2 is 1.88 bits per heavy atom. The highest BCUT2D eigenvalue weighted by atomic mass is 19.4. The first-order valence-corrected chi connectivity index (χ1v) is 10.2. The van der Waals surface area contributed by atoms with Gasteiger partial charge in [-0.2, -0.15) is 18.3 Å². The van der Waals surface area contributed by atoms with Crippen LogP contribution in [0, 0.1) is 0 Å². The number of rotatable bonds is 4. The number of nitrogens with zero attached hydrogens (tertiary/aromatic N) is 3. The average molecular weight is 458 g/mol. The zero-order chi connectivity index (χ0) is 23.7. The number of esters is 1. The van der Waals surface area contributed by atoms with Crippen LogP contribution in [0.2, 0.25) is 0 Å². The monoisotopic (exact) mass is 458 g/mol. The molecule has 9 nitrogen and oxygen atoms in total. The number of aromatic nitrogens is 3. The summed E-state index contributed by atoms with van der Waals surface area (Å²) in [6.07, 6.45) is -3.88. The Labute approximate surface area is 181 Å². The number of aromatic amines is 1. The Balaban J connectivity index is 1.74. The van der Waals surface area contributed by atoms with Gasteiger partial charge in [0.25, 0.3) is 5.56 Å². The molecule has 3 heterocycles. The van der Waals surface area contributed by atoms with Crippen molar-refractivity contribution in [2.24, 2.45) is 0 Å². The molecule has 0 atom stereocenters. The second-order valence-electron chi connectivity index (χ2n) is 8.62. The van der Waals surface area contributed by atoms with Crippen molar-refractivity contribution in [3.63, 3.8) is 0 Å². The minimum atomic E-state index is -4.45. The number of ether oxygens (including phenoxy) is 2. The molecule has 0 saturated carbocycles. The summed E-state index contributed by atoms with van der Waals surface area (Å²) < 4.78 is 48.3. The predicted molar refractivity (Wildman–Crippen MR) is 107 cm³/mol. The maximum Gasteiger partial charge on any atom is 0.410 e. The van der Waals surface area contributed by atoms with E-state index in [0.29, 0.717) is 31.6 Å². The SMILES string of the molecule is CC(C)(C)OC(=O)N1CCC(c2cc(=O)[nH]c3c(C(=O)OCCC(F)(F)F)cnn23)CC1. The number of hydrogen-bond acceptors (Lipinski definition) is 6. The summed E-state index contributed by atoms with van der Waals surface area (Å²) >= 11 is 0. The molecule has 0 unspecified atom stereocenters. The van der Waals surface area contributed by atoms with Gasteiger partial charge in [0.2, 0.25) is 0 Å². The summed E-state index contributed by atoms with van der Waals surface area (Å²) in [6, 6.07) is 1.37. The molecule has 1 aliphatic rings. The van der Waals surface area contributed by atoms with Gasteiger partial charge in [-0.15, -0.1) is 0 Å².